The summed E-state index contributed by atoms with van der Waals surface area (Å²) in [5, 5.41) is 2.94. The van der Waals surface area contributed by atoms with E-state index in [4.69, 9.17) is 0 Å². The molecule has 1 N–H and O–H groups in total. The van der Waals surface area contributed by atoms with Crippen molar-refractivity contribution < 1.29 is 14.4 Å². The van der Waals surface area contributed by atoms with Crippen LogP contribution in [0.15, 0.2) is 46.9 Å². The molecule has 1 heterocycles. The summed E-state index contributed by atoms with van der Waals surface area (Å²) in [5.41, 5.74) is 2.55. The van der Waals surface area contributed by atoms with Gasteiger partial charge in [0.25, 0.3) is 11.7 Å². The number of fused-ring (bicyclic) bond motifs is 1. The second kappa shape index (κ2) is 7.64. The summed E-state index contributed by atoms with van der Waals surface area (Å²) in [7, 11) is 0. The summed E-state index contributed by atoms with van der Waals surface area (Å²) >= 11 is 3.32. The number of carbonyl (C=O) groups is 3. The summed E-state index contributed by atoms with van der Waals surface area (Å²) in [6.07, 6.45) is 0.393. The summed E-state index contributed by atoms with van der Waals surface area (Å²) in [6, 6.07) is 11.9. The number of amides is 2. The molecule has 5 nitrogen and oxygen atoms in total. The van der Waals surface area contributed by atoms with Gasteiger partial charge in [-0.15, -0.1) is 0 Å². The van der Waals surface area contributed by atoms with Crippen LogP contribution in [0.25, 0.3) is 0 Å². The van der Waals surface area contributed by atoms with Crippen LogP contribution in [-0.4, -0.2) is 23.6 Å². The van der Waals surface area contributed by atoms with Gasteiger partial charge in [0.2, 0.25) is 5.91 Å². The van der Waals surface area contributed by atoms with Crippen LogP contribution >= 0.6 is 15.9 Å². The second-order valence-corrected chi connectivity index (χ2v) is 7.74. The number of halogens is 1. The molecule has 0 spiro atoms. The molecule has 0 bridgehead atoms. The summed E-state index contributed by atoms with van der Waals surface area (Å²) in [5.74, 6) is -1.31. The normalized spacial score (nSPS) is 14.5. The monoisotopic (exact) mass is 428 g/mol. The van der Waals surface area contributed by atoms with E-state index in [1.807, 2.05) is 31.2 Å². The number of hydrogen-bond acceptors (Lipinski definition) is 3. The number of nitrogens with zero attached hydrogens (tertiary/aromatic N) is 1. The van der Waals surface area contributed by atoms with Gasteiger partial charge in [-0.05, 0) is 42.2 Å². The first-order valence-electron chi connectivity index (χ1n) is 8.92. The van der Waals surface area contributed by atoms with Crippen molar-refractivity contribution in [3.05, 3.63) is 58.1 Å². The molecule has 0 aromatic heterocycles. The third-order valence-corrected chi connectivity index (χ3v) is 5.21. The van der Waals surface area contributed by atoms with Crippen LogP contribution in [-0.2, 0) is 9.59 Å². The largest absolute Gasteiger partial charge is 0.324 e. The smallest absolute Gasteiger partial charge is 0.300 e. The van der Waals surface area contributed by atoms with Crippen LogP contribution in [0.5, 0.6) is 0 Å². The fourth-order valence-electron chi connectivity index (χ4n) is 3.36. The Kier molecular flexibility index (Phi) is 5.46. The van der Waals surface area contributed by atoms with Crippen LogP contribution in [0.2, 0.25) is 0 Å². The van der Waals surface area contributed by atoms with Gasteiger partial charge in [-0.3, -0.25) is 19.3 Å². The number of carbonyl (C=O) groups excluding carboxylic acids is 3. The molecule has 1 aliphatic heterocycles. The van der Waals surface area contributed by atoms with Crippen LogP contribution in [0.4, 0.5) is 11.4 Å². The van der Waals surface area contributed by atoms with E-state index in [1.54, 1.807) is 18.2 Å². The van der Waals surface area contributed by atoms with E-state index in [0.717, 1.165) is 11.3 Å². The Labute approximate surface area is 166 Å². The van der Waals surface area contributed by atoms with Crippen LogP contribution < -0.4 is 10.2 Å². The molecule has 140 valence electrons. The molecule has 6 heteroatoms. The molecule has 0 radical (unpaired) electrons. The third kappa shape index (κ3) is 3.54. The highest BCUT2D eigenvalue weighted by atomic mass is 79.9. The zero-order valence-corrected chi connectivity index (χ0v) is 17.0. The molecule has 2 aromatic carbocycles. The predicted molar refractivity (Wildman–Crippen MR) is 109 cm³/mol. The maximum absolute atomic E-state index is 13.0. The molecule has 0 saturated heterocycles. The molecule has 1 unspecified atom stereocenters. The Morgan fingerprint density at radius 1 is 1.15 bits per heavy atom. The number of benzene rings is 2. The van der Waals surface area contributed by atoms with Gasteiger partial charge < -0.3 is 5.32 Å². The van der Waals surface area contributed by atoms with Crippen molar-refractivity contribution in [1.82, 2.24) is 0 Å². The minimum Gasteiger partial charge on any atom is -0.324 e. The lowest BCUT2D eigenvalue weighted by atomic mass is 10.0. The average Bonchev–Trinajstić information content (AvgIpc) is 2.87. The molecule has 2 amide bonds. The number of rotatable bonds is 5. The summed E-state index contributed by atoms with van der Waals surface area (Å²) in [6.45, 7) is 5.94. The third-order valence-electron chi connectivity index (χ3n) is 4.72. The van der Waals surface area contributed by atoms with Gasteiger partial charge in [0.05, 0.1) is 11.3 Å². The van der Waals surface area contributed by atoms with Crippen molar-refractivity contribution in [1.29, 1.82) is 0 Å². The van der Waals surface area contributed by atoms with Gasteiger partial charge >= 0.3 is 0 Å². The van der Waals surface area contributed by atoms with Gasteiger partial charge in [-0.2, -0.15) is 0 Å². The van der Waals surface area contributed by atoms with Crippen molar-refractivity contribution in [3.63, 3.8) is 0 Å². The standard InChI is InChI=1S/C21H21BrN2O3/c1-4-17(20(26)23-16-8-6-5-7-14(16)12(2)3)24-18-10-9-13(22)11-15(18)19(25)21(24)27/h5-12,17H,4H2,1-3H3,(H,23,26). The van der Waals surface area contributed by atoms with Gasteiger partial charge in [-0.25, -0.2) is 0 Å². The molecule has 0 saturated carbocycles. The first-order valence-corrected chi connectivity index (χ1v) is 9.71. The highest BCUT2D eigenvalue weighted by Gasteiger charge is 2.41. The van der Waals surface area contributed by atoms with E-state index >= 15 is 0 Å². The topological polar surface area (TPSA) is 66.5 Å². The van der Waals surface area contributed by atoms with Gasteiger partial charge in [0.15, 0.2) is 0 Å². The van der Waals surface area contributed by atoms with Crippen LogP contribution in [0.1, 0.15) is 49.0 Å². The minimum atomic E-state index is -0.760. The molecule has 1 atom stereocenters. The van der Waals surface area contributed by atoms with E-state index in [2.05, 4.69) is 35.1 Å². The number of anilines is 2. The van der Waals surface area contributed by atoms with Crippen molar-refractivity contribution >= 4 is 44.9 Å². The fourth-order valence-corrected chi connectivity index (χ4v) is 3.72. The van der Waals surface area contributed by atoms with E-state index in [0.29, 0.717) is 22.1 Å². The Morgan fingerprint density at radius 3 is 2.52 bits per heavy atom. The molecular weight excluding hydrogens is 408 g/mol. The second-order valence-electron chi connectivity index (χ2n) is 6.82. The van der Waals surface area contributed by atoms with Gasteiger partial charge in [0.1, 0.15) is 6.04 Å². The quantitative estimate of drug-likeness (QED) is 0.711. The molecule has 2 aromatic rings. The zero-order chi connectivity index (χ0) is 19.7. The van der Waals surface area contributed by atoms with Crippen LogP contribution in [0, 0.1) is 0 Å². The SMILES string of the molecule is CCC(C(=O)Nc1ccccc1C(C)C)N1C(=O)C(=O)c2cc(Br)ccc21. The van der Waals surface area contributed by atoms with Crippen molar-refractivity contribution in [2.75, 3.05) is 10.2 Å². The average molecular weight is 429 g/mol. The lowest BCUT2D eigenvalue weighted by Crippen LogP contribution is -2.46. The Bertz CT molecular complexity index is 923. The lowest BCUT2D eigenvalue weighted by molar-refractivity contribution is -0.121. The molecule has 1 aliphatic rings. The Balaban J connectivity index is 1.93. The summed E-state index contributed by atoms with van der Waals surface area (Å²) in [4.78, 5) is 39.3. The first-order chi connectivity index (χ1) is 12.8. The van der Waals surface area contributed by atoms with E-state index in [-0.39, 0.29) is 11.8 Å². The van der Waals surface area contributed by atoms with Crippen LogP contribution in [0.3, 0.4) is 0 Å². The van der Waals surface area contributed by atoms with E-state index in [1.165, 1.54) is 4.90 Å². The van der Waals surface area contributed by atoms with E-state index < -0.39 is 17.7 Å². The Hall–Kier alpha value is -2.47. The number of hydrogen-bond donors (Lipinski definition) is 1. The molecule has 0 aliphatic carbocycles. The number of ketones is 1. The maximum Gasteiger partial charge on any atom is 0.300 e. The predicted octanol–water partition coefficient (Wildman–Crippen LogP) is 4.52. The van der Waals surface area contributed by atoms with Crippen molar-refractivity contribution in [2.45, 2.75) is 39.2 Å². The minimum absolute atomic E-state index is 0.245. The van der Waals surface area contributed by atoms with Gasteiger partial charge in [-0.1, -0.05) is 54.9 Å². The van der Waals surface area contributed by atoms with E-state index in [9.17, 15) is 14.4 Å². The van der Waals surface area contributed by atoms with Gasteiger partial charge in [0, 0.05) is 10.2 Å². The van der Waals surface area contributed by atoms with Crippen molar-refractivity contribution in [3.8, 4) is 0 Å². The zero-order valence-electron chi connectivity index (χ0n) is 15.5. The highest BCUT2D eigenvalue weighted by Crippen LogP contribution is 2.34. The highest BCUT2D eigenvalue weighted by molar-refractivity contribution is 9.10. The molecule has 3 rings (SSSR count). The first kappa shape index (κ1) is 19.3. The summed E-state index contributed by atoms with van der Waals surface area (Å²) < 4.78 is 0.715. The number of para-hydroxylation sites is 1. The number of Topliss-reactive ketones (excluding diaryl/α,β-unsaturated/α-hetero) is 1. The van der Waals surface area contributed by atoms with Crippen molar-refractivity contribution in [2.24, 2.45) is 0 Å². The fraction of sp³-hybridized carbons (Fsp3) is 0.286. The number of nitrogens with one attached hydrogen (secondary N) is 1. The molecular formula is C21H21BrN2O3. The maximum atomic E-state index is 13.0. The molecule has 27 heavy (non-hydrogen) atoms. The lowest BCUT2D eigenvalue weighted by Gasteiger charge is -2.26. The molecule has 0 fully saturated rings. The Morgan fingerprint density at radius 2 is 1.85 bits per heavy atom.